The molecule has 1 fully saturated rings. The van der Waals surface area contributed by atoms with Gasteiger partial charge in [0.05, 0.1) is 6.16 Å². The van der Waals surface area contributed by atoms with E-state index in [1.807, 2.05) is 0 Å². The van der Waals surface area contributed by atoms with Crippen LogP contribution < -0.4 is 4.89 Å². The lowest BCUT2D eigenvalue weighted by Gasteiger charge is -2.28. The van der Waals surface area contributed by atoms with Gasteiger partial charge in [0.2, 0.25) is 0 Å². The van der Waals surface area contributed by atoms with Gasteiger partial charge in [-0.2, -0.15) is 13.2 Å². The molecule has 1 saturated carbocycles. The van der Waals surface area contributed by atoms with Crippen LogP contribution in [0.25, 0.3) is 0 Å². The van der Waals surface area contributed by atoms with Crippen LogP contribution in [0.15, 0.2) is 0 Å². The maximum Gasteiger partial charge on any atom is 0.394 e. The molecular weight excluding hydrogens is 240 g/mol. The second-order valence-electron chi connectivity index (χ2n) is 4.60. The first-order valence-electron chi connectivity index (χ1n) is 5.64. The highest BCUT2D eigenvalue weighted by Crippen LogP contribution is 2.43. The standard InChI is InChI=1S/C10H18F3O2P/c11-10(12,13)8-16(14,15)7-6-9-4-2-1-3-5-9/h9H,1-8H2,(H,14,15)/p-1. The second kappa shape index (κ2) is 5.54. The number of halogens is 3. The molecule has 0 aliphatic heterocycles. The molecule has 96 valence electrons. The topological polar surface area (TPSA) is 40.1 Å². The normalized spacial score (nSPS) is 23.0. The van der Waals surface area contributed by atoms with Crippen molar-refractivity contribution < 1.29 is 22.6 Å². The van der Waals surface area contributed by atoms with Crippen molar-refractivity contribution >= 4 is 7.37 Å². The van der Waals surface area contributed by atoms with Gasteiger partial charge < -0.3 is 9.46 Å². The van der Waals surface area contributed by atoms with Crippen molar-refractivity contribution in [3.8, 4) is 0 Å². The average molecular weight is 257 g/mol. The average Bonchev–Trinajstić information content (AvgIpc) is 2.13. The van der Waals surface area contributed by atoms with Gasteiger partial charge in [-0.15, -0.1) is 0 Å². The van der Waals surface area contributed by atoms with Gasteiger partial charge in [-0.05, 0) is 18.5 Å². The highest BCUT2D eigenvalue weighted by atomic mass is 31.2. The third kappa shape index (κ3) is 5.90. The Morgan fingerprint density at radius 1 is 1.19 bits per heavy atom. The summed E-state index contributed by atoms with van der Waals surface area (Å²) >= 11 is 0. The molecule has 0 heterocycles. The van der Waals surface area contributed by atoms with E-state index in [-0.39, 0.29) is 6.16 Å². The number of alkyl halides is 3. The van der Waals surface area contributed by atoms with E-state index < -0.39 is 19.7 Å². The lowest BCUT2D eigenvalue weighted by molar-refractivity contribution is -0.186. The maximum atomic E-state index is 11.9. The first-order valence-corrected chi connectivity index (χ1v) is 7.64. The van der Waals surface area contributed by atoms with E-state index in [4.69, 9.17) is 0 Å². The molecule has 0 spiro atoms. The van der Waals surface area contributed by atoms with E-state index in [0.717, 1.165) is 32.1 Å². The fraction of sp³-hybridized carbons (Fsp3) is 1.00. The highest BCUT2D eigenvalue weighted by Gasteiger charge is 2.32. The molecule has 0 N–H and O–H groups in total. The molecule has 0 aromatic rings. The van der Waals surface area contributed by atoms with E-state index in [0.29, 0.717) is 12.3 Å². The van der Waals surface area contributed by atoms with Crippen LogP contribution in [-0.2, 0) is 4.57 Å². The molecule has 0 saturated heterocycles. The second-order valence-corrected chi connectivity index (χ2v) is 7.00. The van der Waals surface area contributed by atoms with E-state index >= 15 is 0 Å². The molecular formula is C10H17F3O2P-. The molecule has 2 nitrogen and oxygen atoms in total. The van der Waals surface area contributed by atoms with Gasteiger partial charge in [-0.1, -0.05) is 32.1 Å². The predicted octanol–water partition coefficient (Wildman–Crippen LogP) is 3.16. The molecule has 1 unspecified atom stereocenters. The van der Waals surface area contributed by atoms with Crippen molar-refractivity contribution in [1.29, 1.82) is 0 Å². The van der Waals surface area contributed by atoms with Crippen LogP contribution in [0.4, 0.5) is 13.2 Å². The van der Waals surface area contributed by atoms with Gasteiger partial charge >= 0.3 is 6.18 Å². The zero-order chi connectivity index (χ0) is 12.2. The van der Waals surface area contributed by atoms with Crippen LogP contribution in [0.2, 0.25) is 0 Å². The quantitative estimate of drug-likeness (QED) is 0.726. The third-order valence-electron chi connectivity index (χ3n) is 3.02. The third-order valence-corrected chi connectivity index (χ3v) is 4.80. The summed E-state index contributed by atoms with van der Waals surface area (Å²) < 4.78 is 47.0. The number of rotatable bonds is 4. The van der Waals surface area contributed by atoms with Crippen molar-refractivity contribution in [3.63, 3.8) is 0 Å². The minimum atomic E-state index is -4.59. The van der Waals surface area contributed by atoms with Gasteiger partial charge in [0.1, 0.15) is 0 Å². The maximum absolute atomic E-state index is 11.9. The molecule has 1 aliphatic rings. The van der Waals surface area contributed by atoms with Crippen molar-refractivity contribution in [2.75, 3.05) is 12.3 Å². The van der Waals surface area contributed by atoms with Gasteiger partial charge in [0.15, 0.2) is 0 Å². The predicted molar refractivity (Wildman–Crippen MR) is 54.6 cm³/mol. The van der Waals surface area contributed by atoms with Crippen LogP contribution in [0.1, 0.15) is 38.5 Å². The summed E-state index contributed by atoms with van der Waals surface area (Å²) in [7, 11) is -4.26. The first kappa shape index (κ1) is 14.0. The van der Waals surface area contributed by atoms with Gasteiger partial charge in [0.25, 0.3) is 0 Å². The molecule has 0 aromatic carbocycles. The molecule has 16 heavy (non-hydrogen) atoms. The van der Waals surface area contributed by atoms with E-state index in [2.05, 4.69) is 0 Å². The summed E-state index contributed by atoms with van der Waals surface area (Å²) in [6, 6.07) is 0. The van der Waals surface area contributed by atoms with E-state index in [1.54, 1.807) is 0 Å². The molecule has 0 aromatic heterocycles. The SMILES string of the molecule is O=P([O-])(CCC1CCCCC1)CC(F)(F)F. The van der Waals surface area contributed by atoms with Crippen LogP contribution in [-0.4, -0.2) is 18.5 Å². The minimum Gasteiger partial charge on any atom is -0.799 e. The Balaban J connectivity index is 2.32. The smallest absolute Gasteiger partial charge is 0.394 e. The van der Waals surface area contributed by atoms with Crippen LogP contribution in [0.5, 0.6) is 0 Å². The van der Waals surface area contributed by atoms with Crippen LogP contribution in [0.3, 0.4) is 0 Å². The molecule has 1 atom stereocenters. The van der Waals surface area contributed by atoms with Crippen molar-refractivity contribution in [2.24, 2.45) is 5.92 Å². The summed E-state index contributed by atoms with van der Waals surface area (Å²) in [5.74, 6) is 0.309. The van der Waals surface area contributed by atoms with E-state index in [9.17, 15) is 22.6 Å². The summed E-state index contributed by atoms with van der Waals surface area (Å²) in [6.45, 7) is 0. The lowest BCUT2D eigenvalue weighted by Crippen LogP contribution is -2.22. The zero-order valence-electron chi connectivity index (χ0n) is 9.13. The van der Waals surface area contributed by atoms with E-state index in [1.165, 1.54) is 0 Å². The molecule has 0 bridgehead atoms. The Bertz CT molecular complexity index is 259. The Hall–Kier alpha value is -0.0200. The first-order chi connectivity index (χ1) is 7.29. The van der Waals surface area contributed by atoms with Gasteiger partial charge in [-0.25, -0.2) is 0 Å². The summed E-state index contributed by atoms with van der Waals surface area (Å²) in [6.07, 6.45) is -0.892. The van der Waals surface area contributed by atoms with Gasteiger partial charge in [0, 0.05) is 7.37 Å². The van der Waals surface area contributed by atoms with Crippen LogP contribution >= 0.6 is 7.37 Å². The lowest BCUT2D eigenvalue weighted by atomic mass is 9.88. The molecule has 6 heteroatoms. The fourth-order valence-corrected chi connectivity index (χ4v) is 3.67. The molecule has 0 amide bonds. The monoisotopic (exact) mass is 257 g/mol. The highest BCUT2D eigenvalue weighted by molar-refractivity contribution is 7.56. The van der Waals surface area contributed by atoms with Crippen molar-refractivity contribution in [2.45, 2.75) is 44.7 Å². The number of hydrogen-bond acceptors (Lipinski definition) is 2. The van der Waals surface area contributed by atoms with Crippen molar-refractivity contribution in [3.05, 3.63) is 0 Å². The van der Waals surface area contributed by atoms with Crippen LogP contribution in [0, 0.1) is 5.92 Å². The minimum absolute atomic E-state index is 0.294. The number of hydrogen-bond donors (Lipinski definition) is 0. The molecule has 0 radical (unpaired) electrons. The Kier molecular flexibility index (Phi) is 4.87. The van der Waals surface area contributed by atoms with Gasteiger partial charge in [-0.3, -0.25) is 0 Å². The summed E-state index contributed by atoms with van der Waals surface area (Å²) in [5, 5.41) is 0. The summed E-state index contributed by atoms with van der Waals surface area (Å²) in [5.41, 5.74) is 0. The molecule has 1 aliphatic carbocycles. The Labute approximate surface area is 93.7 Å². The summed E-state index contributed by atoms with van der Waals surface area (Å²) in [4.78, 5) is 11.2. The fourth-order valence-electron chi connectivity index (χ4n) is 2.21. The molecule has 1 rings (SSSR count). The zero-order valence-corrected chi connectivity index (χ0v) is 10.0. The largest absolute Gasteiger partial charge is 0.799 e. The Morgan fingerprint density at radius 2 is 1.75 bits per heavy atom. The Morgan fingerprint density at radius 3 is 2.25 bits per heavy atom. The van der Waals surface area contributed by atoms with Crippen molar-refractivity contribution in [1.82, 2.24) is 0 Å².